The molecule has 0 aromatic carbocycles. The van der Waals surface area contributed by atoms with Crippen molar-refractivity contribution in [1.82, 2.24) is 5.32 Å². The van der Waals surface area contributed by atoms with E-state index in [1.54, 1.807) is 6.92 Å². The van der Waals surface area contributed by atoms with E-state index in [9.17, 15) is 9.59 Å². The number of esters is 1. The van der Waals surface area contributed by atoms with Crippen LogP contribution in [0.25, 0.3) is 0 Å². The van der Waals surface area contributed by atoms with Crippen LogP contribution in [0.4, 0.5) is 0 Å². The third-order valence-corrected chi connectivity index (χ3v) is 2.40. The van der Waals surface area contributed by atoms with E-state index in [0.29, 0.717) is 0 Å². The molecule has 2 atom stereocenters. The van der Waals surface area contributed by atoms with E-state index in [0.717, 1.165) is 0 Å². The number of carbonyl (C=O) groups excluding carboxylic acids is 2. The molecule has 0 aliphatic heterocycles. The number of nitrogens with two attached hydrogens (primary N) is 1. The molecule has 94 valence electrons. The van der Waals surface area contributed by atoms with Crippen LogP contribution in [0.5, 0.6) is 0 Å². The first-order chi connectivity index (χ1) is 7.20. The van der Waals surface area contributed by atoms with Gasteiger partial charge in [-0.15, -0.1) is 0 Å². The molecule has 0 aliphatic rings. The van der Waals surface area contributed by atoms with E-state index in [2.05, 4.69) is 10.1 Å². The zero-order valence-corrected chi connectivity index (χ0v) is 10.7. The quantitative estimate of drug-likeness (QED) is 0.680. The number of nitrogens with one attached hydrogen (secondary N) is 1. The third kappa shape index (κ3) is 4.61. The molecule has 0 aromatic rings. The number of hydrogen-bond donors (Lipinski definition) is 2. The van der Waals surface area contributed by atoms with Crippen LogP contribution >= 0.6 is 0 Å². The van der Waals surface area contributed by atoms with Crippen LogP contribution in [0.2, 0.25) is 0 Å². The summed E-state index contributed by atoms with van der Waals surface area (Å²) in [6.07, 6.45) is 0. The minimum Gasteiger partial charge on any atom is -0.469 e. The highest BCUT2D eigenvalue weighted by Crippen LogP contribution is 2.17. The first-order valence-corrected chi connectivity index (χ1v) is 5.31. The van der Waals surface area contributed by atoms with Gasteiger partial charge in [-0.1, -0.05) is 27.7 Å². The molecule has 0 radical (unpaired) electrons. The summed E-state index contributed by atoms with van der Waals surface area (Å²) >= 11 is 0. The van der Waals surface area contributed by atoms with Crippen molar-refractivity contribution in [3.63, 3.8) is 0 Å². The minimum absolute atomic E-state index is 0.245. The van der Waals surface area contributed by atoms with Crippen molar-refractivity contribution in [3.8, 4) is 0 Å². The number of hydrogen-bond acceptors (Lipinski definition) is 4. The first-order valence-electron chi connectivity index (χ1n) is 5.31. The lowest BCUT2D eigenvalue weighted by molar-refractivity contribution is -0.144. The third-order valence-electron chi connectivity index (χ3n) is 2.40. The predicted octanol–water partition coefficient (Wildman–Crippen LogP) is 0.285. The van der Waals surface area contributed by atoms with Gasteiger partial charge in [-0.25, -0.2) is 0 Å². The van der Waals surface area contributed by atoms with E-state index < -0.39 is 6.04 Å². The molecule has 0 aliphatic carbocycles. The molecule has 0 aromatic heterocycles. The second kappa shape index (κ2) is 5.84. The Kier molecular flexibility index (Phi) is 5.44. The van der Waals surface area contributed by atoms with E-state index in [1.807, 2.05) is 20.8 Å². The van der Waals surface area contributed by atoms with Crippen LogP contribution in [0, 0.1) is 11.3 Å². The Hall–Kier alpha value is -1.10. The standard InChI is InChI=1S/C11H22N2O3/c1-7(10(15)16-5)6-13-9(14)8(12)11(2,3)4/h7-8H,6,12H2,1-5H3,(H,13,14)/t7?,8-/m1/s1. The predicted molar refractivity (Wildman–Crippen MR) is 61.6 cm³/mol. The van der Waals surface area contributed by atoms with E-state index in [4.69, 9.17) is 5.73 Å². The van der Waals surface area contributed by atoms with Crippen molar-refractivity contribution in [2.45, 2.75) is 33.7 Å². The summed E-state index contributed by atoms with van der Waals surface area (Å²) in [4.78, 5) is 22.7. The molecule has 5 nitrogen and oxygen atoms in total. The number of ether oxygens (including phenoxy) is 1. The summed E-state index contributed by atoms with van der Waals surface area (Å²) in [5, 5.41) is 2.64. The van der Waals surface area contributed by atoms with Crippen LogP contribution in [0.3, 0.4) is 0 Å². The van der Waals surface area contributed by atoms with Gasteiger partial charge in [-0.3, -0.25) is 9.59 Å². The molecule has 16 heavy (non-hydrogen) atoms. The van der Waals surface area contributed by atoms with Crippen molar-refractivity contribution >= 4 is 11.9 Å². The number of amides is 1. The highest BCUT2D eigenvalue weighted by molar-refractivity contribution is 5.83. The van der Waals surface area contributed by atoms with Crippen LogP contribution < -0.4 is 11.1 Å². The van der Waals surface area contributed by atoms with Gasteiger partial charge in [0.2, 0.25) is 5.91 Å². The summed E-state index contributed by atoms with van der Waals surface area (Å²) in [6.45, 7) is 7.60. The Morgan fingerprint density at radius 1 is 1.38 bits per heavy atom. The fourth-order valence-corrected chi connectivity index (χ4v) is 1.04. The van der Waals surface area contributed by atoms with E-state index in [1.165, 1.54) is 7.11 Å². The Morgan fingerprint density at radius 2 is 1.88 bits per heavy atom. The van der Waals surface area contributed by atoms with E-state index in [-0.39, 0.29) is 29.8 Å². The lowest BCUT2D eigenvalue weighted by Crippen LogP contribution is -2.49. The molecule has 0 fully saturated rings. The molecule has 0 saturated carbocycles. The second-order valence-electron chi connectivity index (χ2n) is 5.01. The van der Waals surface area contributed by atoms with Gasteiger partial charge in [0.15, 0.2) is 0 Å². The maximum Gasteiger partial charge on any atom is 0.310 e. The van der Waals surface area contributed by atoms with Crippen molar-refractivity contribution in [2.24, 2.45) is 17.1 Å². The van der Waals surface area contributed by atoms with Crippen LogP contribution in [-0.4, -0.2) is 31.6 Å². The molecule has 1 amide bonds. The Labute approximate surface area is 96.7 Å². The Balaban J connectivity index is 4.13. The van der Waals surface area contributed by atoms with Gasteiger partial charge in [0.1, 0.15) is 0 Å². The van der Waals surface area contributed by atoms with Crippen LogP contribution in [0.15, 0.2) is 0 Å². The van der Waals surface area contributed by atoms with Crippen LogP contribution in [0.1, 0.15) is 27.7 Å². The van der Waals surface area contributed by atoms with Crippen molar-refractivity contribution in [2.75, 3.05) is 13.7 Å². The van der Waals surface area contributed by atoms with Crippen molar-refractivity contribution in [1.29, 1.82) is 0 Å². The first kappa shape index (κ1) is 14.9. The SMILES string of the molecule is COC(=O)C(C)CNC(=O)[C@@H](N)C(C)(C)C. The highest BCUT2D eigenvalue weighted by atomic mass is 16.5. The van der Waals surface area contributed by atoms with Gasteiger partial charge >= 0.3 is 5.97 Å². The molecule has 0 saturated heterocycles. The molecule has 5 heteroatoms. The monoisotopic (exact) mass is 230 g/mol. The number of carbonyl (C=O) groups is 2. The number of rotatable bonds is 4. The molecule has 0 spiro atoms. The maximum atomic E-state index is 11.6. The summed E-state index contributed by atoms with van der Waals surface area (Å²) in [5.41, 5.74) is 5.47. The van der Waals surface area contributed by atoms with Gasteiger partial charge in [-0.2, -0.15) is 0 Å². The molecule has 3 N–H and O–H groups in total. The van der Waals surface area contributed by atoms with Gasteiger partial charge in [-0.05, 0) is 5.41 Å². The summed E-state index contributed by atoms with van der Waals surface area (Å²) in [6, 6.07) is -0.586. The molecule has 0 heterocycles. The molecule has 0 bridgehead atoms. The zero-order valence-electron chi connectivity index (χ0n) is 10.7. The van der Waals surface area contributed by atoms with Gasteiger partial charge < -0.3 is 15.8 Å². The van der Waals surface area contributed by atoms with Gasteiger partial charge in [0.05, 0.1) is 19.1 Å². The second-order valence-corrected chi connectivity index (χ2v) is 5.01. The van der Waals surface area contributed by atoms with E-state index >= 15 is 0 Å². The van der Waals surface area contributed by atoms with Crippen molar-refractivity contribution < 1.29 is 14.3 Å². The summed E-state index contributed by atoms with van der Waals surface area (Å²) < 4.78 is 4.55. The van der Waals surface area contributed by atoms with Crippen molar-refractivity contribution in [3.05, 3.63) is 0 Å². The summed E-state index contributed by atoms with van der Waals surface area (Å²) in [7, 11) is 1.32. The lowest BCUT2D eigenvalue weighted by atomic mass is 9.87. The molecule has 0 rings (SSSR count). The molecular formula is C11H22N2O3. The maximum absolute atomic E-state index is 11.6. The lowest BCUT2D eigenvalue weighted by Gasteiger charge is -2.26. The fourth-order valence-electron chi connectivity index (χ4n) is 1.04. The highest BCUT2D eigenvalue weighted by Gasteiger charge is 2.27. The topological polar surface area (TPSA) is 81.4 Å². The van der Waals surface area contributed by atoms with Gasteiger partial charge in [0, 0.05) is 6.54 Å². The normalized spacial score (nSPS) is 15.1. The largest absolute Gasteiger partial charge is 0.469 e. The minimum atomic E-state index is -0.586. The average molecular weight is 230 g/mol. The zero-order chi connectivity index (χ0) is 12.9. The smallest absolute Gasteiger partial charge is 0.310 e. The molecular weight excluding hydrogens is 208 g/mol. The number of methoxy groups -OCH3 is 1. The Bertz CT molecular complexity index is 258. The summed E-state index contributed by atoms with van der Waals surface area (Å²) in [5.74, 6) is -0.950. The molecule has 1 unspecified atom stereocenters. The fraction of sp³-hybridized carbons (Fsp3) is 0.818. The van der Waals surface area contributed by atoms with Gasteiger partial charge in [0.25, 0.3) is 0 Å². The Morgan fingerprint density at radius 3 is 2.25 bits per heavy atom. The van der Waals surface area contributed by atoms with Crippen LogP contribution in [-0.2, 0) is 14.3 Å². The average Bonchev–Trinajstić information content (AvgIpc) is 2.21.